The van der Waals surface area contributed by atoms with Crippen LogP contribution in [0.4, 0.5) is 13.2 Å². The Hall–Kier alpha value is -4.21. The molecule has 0 fully saturated rings. The number of aromatic nitrogens is 5. The molecular formula is C22H14F3N5O2. The van der Waals surface area contributed by atoms with Gasteiger partial charge in [0.05, 0.1) is 11.3 Å². The van der Waals surface area contributed by atoms with Gasteiger partial charge in [0, 0.05) is 11.9 Å². The summed E-state index contributed by atoms with van der Waals surface area (Å²) in [6, 6.07) is 16.3. The number of aryl methyl sites for hydroxylation is 1. The van der Waals surface area contributed by atoms with Crippen molar-refractivity contribution in [1.82, 2.24) is 24.4 Å². The van der Waals surface area contributed by atoms with E-state index in [0.29, 0.717) is 16.9 Å². The molecule has 3 heterocycles. The summed E-state index contributed by atoms with van der Waals surface area (Å²) in [4.78, 5) is 13.1. The summed E-state index contributed by atoms with van der Waals surface area (Å²) in [5.41, 5.74) is 3.45. The molecule has 3 aromatic heterocycles. The third kappa shape index (κ3) is 3.35. The first-order chi connectivity index (χ1) is 15.3. The van der Waals surface area contributed by atoms with E-state index in [1.54, 1.807) is 10.6 Å². The molecule has 0 unspecified atom stereocenters. The Morgan fingerprint density at radius 2 is 1.66 bits per heavy atom. The van der Waals surface area contributed by atoms with Crippen LogP contribution in [0.2, 0.25) is 0 Å². The minimum atomic E-state index is -4.79. The van der Waals surface area contributed by atoms with Gasteiger partial charge in [-0.3, -0.25) is 9.36 Å². The van der Waals surface area contributed by atoms with Gasteiger partial charge in [-0.25, -0.2) is 4.52 Å². The molecular weight excluding hydrogens is 423 g/mol. The highest BCUT2D eigenvalue weighted by Crippen LogP contribution is 2.28. The Labute approximate surface area is 178 Å². The molecule has 0 atom stereocenters. The average molecular weight is 437 g/mol. The molecule has 0 aliphatic carbocycles. The van der Waals surface area contributed by atoms with Gasteiger partial charge in [-0.05, 0) is 42.8 Å². The van der Waals surface area contributed by atoms with Crippen LogP contribution in [-0.4, -0.2) is 30.7 Å². The number of nitrogens with zero attached hydrogens (tertiary/aromatic N) is 5. The highest BCUT2D eigenvalue weighted by Gasteiger charge is 2.31. The van der Waals surface area contributed by atoms with Crippen LogP contribution in [0.5, 0.6) is 5.75 Å². The van der Waals surface area contributed by atoms with Crippen molar-refractivity contribution in [3.63, 3.8) is 0 Å². The lowest BCUT2D eigenvalue weighted by molar-refractivity contribution is -0.274. The first-order valence-electron chi connectivity index (χ1n) is 9.51. The van der Waals surface area contributed by atoms with Gasteiger partial charge in [-0.15, -0.1) is 23.4 Å². The molecule has 2 aromatic carbocycles. The summed E-state index contributed by atoms with van der Waals surface area (Å²) in [5, 5.41) is 12.9. The summed E-state index contributed by atoms with van der Waals surface area (Å²) >= 11 is 0. The van der Waals surface area contributed by atoms with Crippen molar-refractivity contribution in [2.75, 3.05) is 0 Å². The third-order valence-electron chi connectivity index (χ3n) is 4.97. The van der Waals surface area contributed by atoms with Crippen LogP contribution in [0, 0.1) is 6.92 Å². The van der Waals surface area contributed by atoms with Crippen LogP contribution in [0.3, 0.4) is 0 Å². The van der Waals surface area contributed by atoms with Crippen molar-refractivity contribution in [1.29, 1.82) is 0 Å². The third-order valence-corrected chi connectivity index (χ3v) is 4.97. The first-order valence-corrected chi connectivity index (χ1v) is 9.51. The Balaban J connectivity index is 1.62. The Bertz CT molecular complexity index is 1510. The van der Waals surface area contributed by atoms with Crippen molar-refractivity contribution >= 4 is 16.7 Å². The number of hydrogen-bond donors (Lipinski definition) is 0. The molecule has 0 bridgehead atoms. The molecule has 0 amide bonds. The summed E-state index contributed by atoms with van der Waals surface area (Å²) in [7, 11) is 0. The number of ether oxygens (including phenoxy) is 1. The molecule has 0 N–H and O–H groups in total. The second-order valence-electron chi connectivity index (χ2n) is 7.03. The average Bonchev–Trinajstić information content (AvgIpc) is 3.10. The van der Waals surface area contributed by atoms with Crippen LogP contribution in [0.1, 0.15) is 5.69 Å². The molecule has 0 aliphatic rings. The van der Waals surface area contributed by atoms with E-state index in [-0.39, 0.29) is 11.3 Å². The fourth-order valence-electron chi connectivity index (χ4n) is 3.61. The Morgan fingerprint density at radius 1 is 0.938 bits per heavy atom. The molecule has 160 valence electrons. The molecule has 10 heteroatoms. The number of pyridine rings is 1. The van der Waals surface area contributed by atoms with Gasteiger partial charge >= 0.3 is 6.36 Å². The van der Waals surface area contributed by atoms with Gasteiger partial charge in [-0.1, -0.05) is 30.3 Å². The molecule has 0 radical (unpaired) electrons. The highest BCUT2D eigenvalue weighted by molar-refractivity contribution is 5.84. The van der Waals surface area contributed by atoms with E-state index in [1.807, 2.05) is 37.3 Å². The van der Waals surface area contributed by atoms with Gasteiger partial charge in [-0.2, -0.15) is 5.10 Å². The van der Waals surface area contributed by atoms with E-state index in [4.69, 9.17) is 0 Å². The predicted molar refractivity (Wildman–Crippen MR) is 111 cm³/mol. The maximum absolute atomic E-state index is 13.1. The van der Waals surface area contributed by atoms with Gasteiger partial charge in [0.1, 0.15) is 11.3 Å². The van der Waals surface area contributed by atoms with Crippen molar-refractivity contribution in [3.05, 3.63) is 82.9 Å². The number of fused-ring (bicyclic) bond motifs is 3. The first kappa shape index (κ1) is 19.7. The quantitative estimate of drug-likeness (QED) is 0.421. The molecule has 0 saturated carbocycles. The van der Waals surface area contributed by atoms with Gasteiger partial charge in [0.15, 0.2) is 11.2 Å². The van der Waals surface area contributed by atoms with E-state index in [1.165, 1.54) is 22.9 Å². The minimum absolute atomic E-state index is 0.0812. The van der Waals surface area contributed by atoms with E-state index < -0.39 is 11.9 Å². The van der Waals surface area contributed by atoms with E-state index in [9.17, 15) is 18.0 Å². The maximum Gasteiger partial charge on any atom is 0.573 e. The predicted octanol–water partition coefficient (Wildman–Crippen LogP) is 4.30. The summed E-state index contributed by atoms with van der Waals surface area (Å²) in [6.45, 7) is 1.86. The Kier molecular flexibility index (Phi) is 4.43. The molecule has 32 heavy (non-hydrogen) atoms. The minimum Gasteiger partial charge on any atom is -0.406 e. The summed E-state index contributed by atoms with van der Waals surface area (Å²) in [5.74, 6) is -0.378. The van der Waals surface area contributed by atoms with Crippen LogP contribution >= 0.6 is 0 Å². The van der Waals surface area contributed by atoms with Crippen LogP contribution < -0.4 is 10.3 Å². The molecule has 0 saturated heterocycles. The Morgan fingerprint density at radius 3 is 2.34 bits per heavy atom. The lowest BCUT2D eigenvalue weighted by Crippen LogP contribution is -2.20. The normalized spacial score (nSPS) is 11.9. The fourth-order valence-corrected chi connectivity index (χ4v) is 3.61. The number of benzene rings is 2. The second kappa shape index (κ2) is 7.19. The van der Waals surface area contributed by atoms with Crippen molar-refractivity contribution < 1.29 is 17.9 Å². The lowest BCUT2D eigenvalue weighted by atomic mass is 10.1. The van der Waals surface area contributed by atoms with Crippen LogP contribution in [-0.2, 0) is 0 Å². The molecule has 0 spiro atoms. The number of rotatable bonds is 3. The van der Waals surface area contributed by atoms with Crippen molar-refractivity contribution in [2.45, 2.75) is 13.3 Å². The topological polar surface area (TPSA) is 74.3 Å². The zero-order valence-electron chi connectivity index (χ0n) is 16.5. The molecule has 5 rings (SSSR count). The smallest absolute Gasteiger partial charge is 0.406 e. The monoisotopic (exact) mass is 437 g/mol. The van der Waals surface area contributed by atoms with E-state index in [2.05, 4.69) is 20.0 Å². The number of halogens is 3. The van der Waals surface area contributed by atoms with E-state index in [0.717, 1.165) is 29.0 Å². The SMILES string of the molecule is Cc1nn2c(nnc3c(=O)n(-c4ccc(OC(F)(F)F)cc4)ccc32)c1-c1ccccc1. The largest absolute Gasteiger partial charge is 0.573 e. The highest BCUT2D eigenvalue weighted by atomic mass is 19.4. The maximum atomic E-state index is 13.1. The van der Waals surface area contributed by atoms with Gasteiger partial charge in [0.2, 0.25) is 0 Å². The summed E-state index contributed by atoms with van der Waals surface area (Å²) in [6.07, 6.45) is -3.27. The fraction of sp³-hybridized carbons (Fsp3) is 0.0909. The van der Waals surface area contributed by atoms with Crippen molar-refractivity contribution in [3.8, 4) is 22.6 Å². The molecule has 5 aromatic rings. The number of alkyl halides is 3. The standard InChI is InChI=1S/C22H14F3N5O2/c1-13-18(14-5-3-2-4-6-14)20-27-26-19-17(30(20)28-13)11-12-29(21(19)31)15-7-9-16(10-8-15)32-22(23,24)25/h2-12H,1H3. The zero-order chi connectivity index (χ0) is 22.5. The van der Waals surface area contributed by atoms with Crippen LogP contribution in [0.15, 0.2) is 71.7 Å². The molecule has 7 nitrogen and oxygen atoms in total. The van der Waals surface area contributed by atoms with Crippen molar-refractivity contribution in [2.24, 2.45) is 0 Å². The number of hydrogen-bond acceptors (Lipinski definition) is 5. The zero-order valence-corrected chi connectivity index (χ0v) is 16.5. The van der Waals surface area contributed by atoms with E-state index >= 15 is 0 Å². The second-order valence-corrected chi connectivity index (χ2v) is 7.03. The summed E-state index contributed by atoms with van der Waals surface area (Å²) < 4.78 is 43.8. The van der Waals surface area contributed by atoms with Gasteiger partial charge in [0.25, 0.3) is 5.56 Å². The molecule has 0 aliphatic heterocycles. The van der Waals surface area contributed by atoms with Crippen LogP contribution in [0.25, 0.3) is 33.5 Å². The lowest BCUT2D eigenvalue weighted by Gasteiger charge is -2.10. The van der Waals surface area contributed by atoms with Gasteiger partial charge < -0.3 is 4.74 Å².